The topological polar surface area (TPSA) is 64.3 Å². The van der Waals surface area contributed by atoms with Gasteiger partial charge in [-0.15, -0.1) is 12.4 Å². The van der Waals surface area contributed by atoms with Crippen molar-refractivity contribution in [3.05, 3.63) is 0 Å². The Morgan fingerprint density at radius 2 is 2.00 bits per heavy atom. The average molecular weight is 237 g/mol. The Balaban J connectivity index is 0.00000196. The van der Waals surface area contributed by atoms with Gasteiger partial charge in [0.25, 0.3) is 0 Å². The first-order chi connectivity index (χ1) is 6.55. The van der Waals surface area contributed by atoms with E-state index in [2.05, 4.69) is 5.32 Å². The van der Waals surface area contributed by atoms with Crippen molar-refractivity contribution in [1.29, 1.82) is 0 Å². The summed E-state index contributed by atoms with van der Waals surface area (Å²) in [5.74, 6) is 0.221. The minimum absolute atomic E-state index is 0. The van der Waals surface area contributed by atoms with E-state index >= 15 is 0 Å². The zero-order valence-electron chi connectivity index (χ0n) is 9.41. The predicted molar refractivity (Wildman–Crippen MR) is 62.1 cm³/mol. The molecular formula is C10H21ClN2O2. The summed E-state index contributed by atoms with van der Waals surface area (Å²) in [5.41, 5.74) is 5.25. The van der Waals surface area contributed by atoms with Crippen LogP contribution in [0.3, 0.4) is 0 Å². The van der Waals surface area contributed by atoms with Gasteiger partial charge in [0.05, 0.1) is 0 Å². The number of nitrogens with one attached hydrogen (secondary N) is 1. The van der Waals surface area contributed by atoms with Crippen molar-refractivity contribution in [1.82, 2.24) is 5.32 Å². The summed E-state index contributed by atoms with van der Waals surface area (Å²) >= 11 is 0. The van der Waals surface area contributed by atoms with Gasteiger partial charge in [-0.3, -0.25) is 4.79 Å². The molecule has 15 heavy (non-hydrogen) atoms. The highest BCUT2D eigenvalue weighted by Gasteiger charge is 2.26. The second kappa shape index (κ2) is 6.30. The molecule has 0 unspecified atom stereocenters. The Morgan fingerprint density at radius 1 is 1.47 bits per heavy atom. The highest BCUT2D eigenvalue weighted by atomic mass is 35.5. The summed E-state index contributed by atoms with van der Waals surface area (Å²) < 4.78 is 5.20. The average Bonchev–Trinajstić information content (AvgIpc) is 2.19. The van der Waals surface area contributed by atoms with Crippen LogP contribution in [-0.4, -0.2) is 31.2 Å². The molecule has 0 aromatic carbocycles. The molecule has 3 N–H and O–H groups in total. The zero-order chi connectivity index (χ0) is 10.6. The van der Waals surface area contributed by atoms with Crippen LogP contribution in [0.1, 0.15) is 26.7 Å². The number of carbonyl (C=O) groups excluding carboxylic acids is 1. The van der Waals surface area contributed by atoms with Crippen molar-refractivity contribution in [2.24, 2.45) is 11.7 Å². The summed E-state index contributed by atoms with van der Waals surface area (Å²) in [4.78, 5) is 11.8. The van der Waals surface area contributed by atoms with Crippen LogP contribution in [-0.2, 0) is 9.53 Å². The van der Waals surface area contributed by atoms with Gasteiger partial charge in [0, 0.05) is 31.2 Å². The number of ether oxygens (including phenoxy) is 1. The van der Waals surface area contributed by atoms with Crippen LogP contribution in [0.5, 0.6) is 0 Å². The fourth-order valence-corrected chi connectivity index (χ4v) is 1.45. The Hall–Kier alpha value is -0.320. The quantitative estimate of drug-likeness (QED) is 0.758. The van der Waals surface area contributed by atoms with Crippen LogP contribution >= 0.6 is 12.4 Å². The van der Waals surface area contributed by atoms with Crippen LogP contribution in [0.4, 0.5) is 0 Å². The monoisotopic (exact) mass is 236 g/mol. The van der Waals surface area contributed by atoms with Crippen LogP contribution < -0.4 is 11.1 Å². The molecule has 0 bridgehead atoms. The summed E-state index contributed by atoms with van der Waals surface area (Å²) in [6, 6.07) is 0. The molecule has 0 spiro atoms. The van der Waals surface area contributed by atoms with Gasteiger partial charge in [0.1, 0.15) is 0 Å². The predicted octanol–water partition coefficient (Wildman–Crippen LogP) is 0.688. The maximum absolute atomic E-state index is 11.8. The first-order valence-corrected chi connectivity index (χ1v) is 5.15. The van der Waals surface area contributed by atoms with Crippen LogP contribution in [0.15, 0.2) is 0 Å². The number of nitrogens with two attached hydrogens (primary N) is 1. The molecule has 0 atom stereocenters. The van der Waals surface area contributed by atoms with Crippen molar-refractivity contribution in [2.45, 2.75) is 32.2 Å². The number of carbonyl (C=O) groups is 1. The van der Waals surface area contributed by atoms with Crippen molar-refractivity contribution < 1.29 is 9.53 Å². The molecule has 0 saturated carbocycles. The molecule has 90 valence electrons. The van der Waals surface area contributed by atoms with Gasteiger partial charge in [-0.2, -0.15) is 0 Å². The smallest absolute Gasteiger partial charge is 0.223 e. The van der Waals surface area contributed by atoms with E-state index in [0.29, 0.717) is 19.8 Å². The third kappa shape index (κ3) is 4.82. The van der Waals surface area contributed by atoms with E-state index in [-0.39, 0.29) is 29.8 Å². The zero-order valence-corrected chi connectivity index (χ0v) is 10.2. The number of hydrogen-bond donors (Lipinski definition) is 2. The van der Waals surface area contributed by atoms with Gasteiger partial charge in [-0.05, 0) is 26.7 Å². The molecule has 0 radical (unpaired) electrons. The van der Waals surface area contributed by atoms with E-state index < -0.39 is 0 Å². The van der Waals surface area contributed by atoms with Crippen LogP contribution in [0, 0.1) is 5.92 Å². The van der Waals surface area contributed by atoms with Crippen molar-refractivity contribution in [3.8, 4) is 0 Å². The van der Waals surface area contributed by atoms with E-state index in [1.165, 1.54) is 0 Å². The standard InChI is InChI=1S/C10H20N2O2.ClH/c1-10(2,7-11)12-9(13)8-3-5-14-6-4-8;/h8H,3-7,11H2,1-2H3,(H,12,13);1H. The highest BCUT2D eigenvalue weighted by Crippen LogP contribution is 2.15. The normalized spacial score (nSPS) is 18.1. The molecule has 1 rings (SSSR count). The van der Waals surface area contributed by atoms with Crippen LogP contribution in [0.25, 0.3) is 0 Å². The second-order valence-corrected chi connectivity index (χ2v) is 4.46. The van der Waals surface area contributed by atoms with E-state index in [1.807, 2.05) is 13.8 Å². The lowest BCUT2D eigenvalue weighted by Crippen LogP contribution is -2.51. The fraction of sp³-hybridized carbons (Fsp3) is 0.900. The highest BCUT2D eigenvalue weighted by molar-refractivity contribution is 5.85. The van der Waals surface area contributed by atoms with Gasteiger partial charge in [-0.25, -0.2) is 0 Å². The van der Waals surface area contributed by atoms with E-state index in [0.717, 1.165) is 12.8 Å². The van der Waals surface area contributed by atoms with E-state index in [9.17, 15) is 4.79 Å². The van der Waals surface area contributed by atoms with Gasteiger partial charge in [0.2, 0.25) is 5.91 Å². The molecule has 1 aliphatic rings. The second-order valence-electron chi connectivity index (χ2n) is 4.46. The molecule has 1 fully saturated rings. The fourth-order valence-electron chi connectivity index (χ4n) is 1.45. The summed E-state index contributed by atoms with van der Waals surface area (Å²) in [5, 5.41) is 2.96. The lowest BCUT2D eigenvalue weighted by Gasteiger charge is -2.28. The Labute approximate surface area is 97.3 Å². The largest absolute Gasteiger partial charge is 0.381 e. The Bertz CT molecular complexity index is 204. The first kappa shape index (κ1) is 14.7. The SMILES string of the molecule is CC(C)(CN)NC(=O)C1CCOCC1.Cl. The van der Waals surface area contributed by atoms with Crippen molar-refractivity contribution in [3.63, 3.8) is 0 Å². The number of halogens is 1. The molecule has 1 amide bonds. The summed E-state index contributed by atoms with van der Waals surface area (Å²) in [6.45, 7) is 5.72. The van der Waals surface area contributed by atoms with Gasteiger partial charge >= 0.3 is 0 Å². The minimum atomic E-state index is -0.296. The molecule has 1 saturated heterocycles. The third-order valence-corrected chi connectivity index (χ3v) is 2.56. The lowest BCUT2D eigenvalue weighted by atomic mass is 9.97. The number of hydrogen-bond acceptors (Lipinski definition) is 3. The summed E-state index contributed by atoms with van der Waals surface area (Å²) in [6.07, 6.45) is 1.65. The summed E-state index contributed by atoms with van der Waals surface area (Å²) in [7, 11) is 0. The van der Waals surface area contributed by atoms with Crippen molar-refractivity contribution in [2.75, 3.05) is 19.8 Å². The number of rotatable bonds is 3. The molecule has 0 aromatic heterocycles. The molecule has 1 heterocycles. The molecular weight excluding hydrogens is 216 g/mol. The Kier molecular flexibility index (Phi) is 6.17. The minimum Gasteiger partial charge on any atom is -0.381 e. The maximum Gasteiger partial charge on any atom is 0.223 e. The number of amides is 1. The van der Waals surface area contributed by atoms with Gasteiger partial charge in [0.15, 0.2) is 0 Å². The van der Waals surface area contributed by atoms with Gasteiger partial charge in [-0.1, -0.05) is 0 Å². The first-order valence-electron chi connectivity index (χ1n) is 5.15. The Morgan fingerprint density at radius 3 is 2.47 bits per heavy atom. The lowest BCUT2D eigenvalue weighted by molar-refractivity contribution is -0.129. The molecule has 5 heteroatoms. The maximum atomic E-state index is 11.8. The molecule has 0 aromatic rings. The van der Waals surface area contributed by atoms with Crippen molar-refractivity contribution >= 4 is 18.3 Å². The molecule has 1 aliphatic heterocycles. The van der Waals surface area contributed by atoms with Crippen LogP contribution in [0.2, 0.25) is 0 Å². The van der Waals surface area contributed by atoms with E-state index in [4.69, 9.17) is 10.5 Å². The van der Waals surface area contributed by atoms with Gasteiger partial charge < -0.3 is 15.8 Å². The third-order valence-electron chi connectivity index (χ3n) is 2.56. The molecule has 0 aliphatic carbocycles. The van der Waals surface area contributed by atoms with E-state index in [1.54, 1.807) is 0 Å². The molecule has 4 nitrogen and oxygen atoms in total.